The van der Waals surface area contributed by atoms with Crippen LogP contribution in [0.15, 0.2) is 34.9 Å². The van der Waals surface area contributed by atoms with Gasteiger partial charge in [0, 0.05) is 0 Å². The Bertz CT molecular complexity index is 430. The van der Waals surface area contributed by atoms with Crippen molar-refractivity contribution in [2.75, 3.05) is 0 Å². The summed E-state index contributed by atoms with van der Waals surface area (Å²) in [6.45, 7) is 0. The molecule has 1 aromatic carbocycles. The molecule has 1 N–H and O–H groups in total. The molecule has 0 fully saturated rings. The Morgan fingerprint density at radius 1 is 1.24 bits per heavy atom. The van der Waals surface area contributed by atoms with Gasteiger partial charge in [0.1, 0.15) is 16.5 Å². The summed E-state index contributed by atoms with van der Waals surface area (Å²) in [6.07, 6.45) is -3.25. The van der Waals surface area contributed by atoms with Gasteiger partial charge in [-0.2, -0.15) is 0 Å². The zero-order valence-corrected chi connectivity index (χ0v) is 9.88. The van der Waals surface area contributed by atoms with Crippen molar-refractivity contribution < 1.29 is 22.7 Å². The van der Waals surface area contributed by atoms with Crippen LogP contribution in [-0.4, -0.2) is 6.36 Å². The third-order valence-corrected chi connectivity index (χ3v) is 2.45. The maximum absolute atomic E-state index is 11.9. The molecule has 0 saturated heterocycles. The van der Waals surface area contributed by atoms with Crippen molar-refractivity contribution >= 4 is 15.9 Å². The highest BCUT2D eigenvalue weighted by atomic mass is 79.9. The van der Waals surface area contributed by atoms with Crippen LogP contribution in [0, 0.1) is 0 Å². The van der Waals surface area contributed by atoms with Crippen LogP contribution < -0.4 is 10.2 Å². The Morgan fingerprint density at radius 2 is 1.88 bits per heavy atom. The lowest BCUT2D eigenvalue weighted by molar-refractivity contribution is -0.274. The van der Waals surface area contributed by atoms with Crippen molar-refractivity contribution in [2.24, 2.45) is 0 Å². The Balaban J connectivity index is 2.08. The van der Waals surface area contributed by atoms with Gasteiger partial charge in [-0.25, -0.2) is 0 Å². The largest absolute Gasteiger partial charge is 0.573 e. The first-order chi connectivity index (χ1) is 7.94. The van der Waals surface area contributed by atoms with Gasteiger partial charge in [0.25, 0.3) is 0 Å². The van der Waals surface area contributed by atoms with Gasteiger partial charge in [-0.3, -0.25) is 10.3 Å². The standard InChI is InChI=1S/C10H7BrF3NO2/c11-9-5-8(17-15-9)6-1-3-7(4-2-6)16-10(12,13)14/h1-5,8,15H. The van der Waals surface area contributed by atoms with E-state index in [2.05, 4.69) is 26.1 Å². The Labute approximate surface area is 103 Å². The van der Waals surface area contributed by atoms with Crippen molar-refractivity contribution in [1.82, 2.24) is 5.48 Å². The molecule has 0 aliphatic carbocycles. The Morgan fingerprint density at radius 3 is 2.35 bits per heavy atom. The Hall–Kier alpha value is -1.21. The van der Waals surface area contributed by atoms with Crippen LogP contribution in [0.5, 0.6) is 5.75 Å². The van der Waals surface area contributed by atoms with Crippen molar-refractivity contribution in [3.63, 3.8) is 0 Å². The molecule has 0 aromatic heterocycles. The molecule has 1 atom stereocenters. The molecule has 1 unspecified atom stereocenters. The quantitative estimate of drug-likeness (QED) is 0.849. The van der Waals surface area contributed by atoms with Crippen LogP contribution in [0.4, 0.5) is 13.2 Å². The lowest BCUT2D eigenvalue weighted by Crippen LogP contribution is -2.17. The van der Waals surface area contributed by atoms with Crippen molar-refractivity contribution in [3.8, 4) is 5.75 Å². The summed E-state index contributed by atoms with van der Waals surface area (Å²) in [5.74, 6) is -0.254. The number of hydroxylamine groups is 1. The van der Waals surface area contributed by atoms with Gasteiger partial charge < -0.3 is 4.74 Å². The molecular weight excluding hydrogens is 303 g/mol. The van der Waals surface area contributed by atoms with Crippen LogP contribution in [0.2, 0.25) is 0 Å². The molecular formula is C10H7BrF3NO2. The van der Waals surface area contributed by atoms with E-state index in [9.17, 15) is 13.2 Å². The summed E-state index contributed by atoms with van der Waals surface area (Å²) >= 11 is 3.18. The molecule has 1 aliphatic rings. The van der Waals surface area contributed by atoms with Crippen molar-refractivity contribution in [3.05, 3.63) is 40.5 Å². The fraction of sp³-hybridized carbons (Fsp3) is 0.200. The molecule has 3 nitrogen and oxygen atoms in total. The van der Waals surface area contributed by atoms with E-state index in [0.717, 1.165) is 5.56 Å². The number of hydrogen-bond donors (Lipinski definition) is 1. The molecule has 0 spiro atoms. The van der Waals surface area contributed by atoms with Crippen LogP contribution in [0.3, 0.4) is 0 Å². The summed E-state index contributed by atoms with van der Waals surface area (Å²) in [7, 11) is 0. The zero-order valence-electron chi connectivity index (χ0n) is 8.29. The van der Waals surface area contributed by atoms with Gasteiger partial charge >= 0.3 is 6.36 Å². The molecule has 0 radical (unpaired) electrons. The van der Waals surface area contributed by atoms with Gasteiger partial charge in [-0.1, -0.05) is 12.1 Å². The minimum absolute atomic E-state index is 0.254. The van der Waals surface area contributed by atoms with E-state index in [4.69, 9.17) is 4.84 Å². The fourth-order valence-electron chi connectivity index (χ4n) is 1.34. The van der Waals surface area contributed by atoms with Crippen LogP contribution in [-0.2, 0) is 4.84 Å². The van der Waals surface area contributed by atoms with E-state index < -0.39 is 6.36 Å². The second-order valence-corrected chi connectivity index (χ2v) is 4.13. The Kier molecular flexibility index (Phi) is 3.30. The maximum atomic E-state index is 11.9. The van der Waals surface area contributed by atoms with E-state index in [1.165, 1.54) is 24.3 Å². The predicted octanol–water partition coefficient (Wildman–Crippen LogP) is 3.40. The third kappa shape index (κ3) is 3.37. The number of benzene rings is 1. The molecule has 1 aromatic rings. The molecule has 0 bridgehead atoms. The summed E-state index contributed by atoms with van der Waals surface area (Å²) in [4.78, 5) is 5.14. The van der Waals surface area contributed by atoms with E-state index in [-0.39, 0.29) is 11.9 Å². The fourth-order valence-corrected chi connectivity index (χ4v) is 1.68. The van der Waals surface area contributed by atoms with Crippen molar-refractivity contribution in [1.29, 1.82) is 0 Å². The monoisotopic (exact) mass is 309 g/mol. The molecule has 0 saturated carbocycles. The molecule has 2 rings (SSSR count). The molecule has 7 heteroatoms. The number of halogens is 4. The maximum Gasteiger partial charge on any atom is 0.573 e. The van der Waals surface area contributed by atoms with Gasteiger partial charge in [-0.05, 0) is 39.7 Å². The van der Waals surface area contributed by atoms with Crippen LogP contribution in [0.1, 0.15) is 11.7 Å². The van der Waals surface area contributed by atoms with Crippen molar-refractivity contribution in [2.45, 2.75) is 12.5 Å². The zero-order chi connectivity index (χ0) is 12.5. The summed E-state index contributed by atoms with van der Waals surface area (Å²) in [5.41, 5.74) is 3.31. The summed E-state index contributed by atoms with van der Waals surface area (Å²) in [5, 5.41) is 0. The topological polar surface area (TPSA) is 30.5 Å². The average Bonchev–Trinajstić information content (AvgIpc) is 2.63. The first kappa shape index (κ1) is 12.3. The first-order valence-electron chi connectivity index (χ1n) is 4.59. The second kappa shape index (κ2) is 4.58. The van der Waals surface area contributed by atoms with Gasteiger partial charge in [-0.15, -0.1) is 13.2 Å². The molecule has 1 aliphatic heterocycles. The lowest BCUT2D eigenvalue weighted by Gasteiger charge is -2.11. The SMILES string of the molecule is FC(F)(F)Oc1ccc(C2C=C(Br)NO2)cc1. The highest BCUT2D eigenvalue weighted by Crippen LogP contribution is 2.29. The second-order valence-electron chi connectivity index (χ2n) is 3.27. The van der Waals surface area contributed by atoms with Gasteiger partial charge in [0.2, 0.25) is 0 Å². The van der Waals surface area contributed by atoms with E-state index in [0.29, 0.717) is 4.61 Å². The predicted molar refractivity (Wildman–Crippen MR) is 57.1 cm³/mol. The van der Waals surface area contributed by atoms with Gasteiger partial charge in [0.15, 0.2) is 0 Å². The normalized spacial score (nSPS) is 19.8. The number of alkyl halides is 3. The minimum atomic E-state index is -4.67. The van der Waals surface area contributed by atoms with E-state index in [1.807, 2.05) is 0 Å². The van der Waals surface area contributed by atoms with Crippen LogP contribution in [0.25, 0.3) is 0 Å². The van der Waals surface area contributed by atoms with Gasteiger partial charge in [0.05, 0.1) is 0 Å². The third-order valence-electron chi connectivity index (χ3n) is 2.02. The highest BCUT2D eigenvalue weighted by Gasteiger charge is 2.31. The van der Waals surface area contributed by atoms with E-state index in [1.54, 1.807) is 6.08 Å². The molecule has 92 valence electrons. The van der Waals surface area contributed by atoms with E-state index >= 15 is 0 Å². The lowest BCUT2D eigenvalue weighted by atomic mass is 10.1. The molecule has 1 heterocycles. The number of rotatable bonds is 2. The summed E-state index contributed by atoms with van der Waals surface area (Å²) in [6, 6.07) is 5.50. The van der Waals surface area contributed by atoms with Crippen LogP contribution >= 0.6 is 15.9 Å². The smallest absolute Gasteiger partial charge is 0.406 e. The first-order valence-corrected chi connectivity index (χ1v) is 5.38. The molecule has 17 heavy (non-hydrogen) atoms. The highest BCUT2D eigenvalue weighted by molar-refractivity contribution is 9.11. The number of nitrogens with one attached hydrogen (secondary N) is 1. The minimum Gasteiger partial charge on any atom is -0.406 e. The number of hydrogen-bond acceptors (Lipinski definition) is 3. The average molecular weight is 310 g/mol. The summed E-state index contributed by atoms with van der Waals surface area (Å²) < 4.78 is 40.2. The number of ether oxygens (including phenoxy) is 1. The molecule has 0 amide bonds.